The van der Waals surface area contributed by atoms with Crippen molar-refractivity contribution < 1.29 is 19.4 Å². The lowest BCUT2D eigenvalue weighted by Crippen LogP contribution is -2.21. The van der Waals surface area contributed by atoms with E-state index in [9.17, 15) is 9.59 Å². The van der Waals surface area contributed by atoms with Crippen molar-refractivity contribution in [3.05, 3.63) is 0 Å². The smallest absolute Gasteiger partial charge is 0.303 e. The second kappa shape index (κ2) is 14.3. The van der Waals surface area contributed by atoms with Crippen LogP contribution < -0.4 is 5.32 Å². The van der Waals surface area contributed by atoms with Crippen LogP contribution in [-0.2, 0) is 14.3 Å². The molecular formula is C15H31NO4. The molecule has 120 valence electrons. The van der Waals surface area contributed by atoms with Gasteiger partial charge in [0.15, 0.2) is 0 Å². The van der Waals surface area contributed by atoms with Crippen LogP contribution in [0.3, 0.4) is 0 Å². The van der Waals surface area contributed by atoms with E-state index < -0.39 is 5.97 Å². The fourth-order valence-electron chi connectivity index (χ4n) is 1.27. The van der Waals surface area contributed by atoms with E-state index in [-0.39, 0.29) is 5.60 Å². The van der Waals surface area contributed by atoms with Crippen LogP contribution in [0.1, 0.15) is 66.2 Å². The predicted octanol–water partition coefficient (Wildman–Crippen LogP) is 2.98. The van der Waals surface area contributed by atoms with Gasteiger partial charge in [-0.05, 0) is 53.1 Å². The van der Waals surface area contributed by atoms with E-state index in [2.05, 4.69) is 10.1 Å². The zero-order valence-corrected chi connectivity index (χ0v) is 13.4. The quantitative estimate of drug-likeness (QED) is 0.778. The number of aliphatic carboxylic acids is 1. The monoisotopic (exact) mass is 289 g/mol. The average molecular weight is 289 g/mol. The summed E-state index contributed by atoms with van der Waals surface area (Å²) in [6, 6.07) is 0. The maximum absolute atomic E-state index is 9.76. The van der Waals surface area contributed by atoms with Crippen molar-refractivity contribution in [1.82, 2.24) is 5.32 Å². The summed E-state index contributed by atoms with van der Waals surface area (Å²) in [4.78, 5) is 19.4. The Kier molecular flexibility index (Phi) is 15.2. The molecular weight excluding hydrogens is 258 g/mol. The average Bonchev–Trinajstić information content (AvgIpc) is 2.38. The number of piperidine rings is 1. The van der Waals surface area contributed by atoms with Gasteiger partial charge in [0.05, 0.1) is 0 Å². The van der Waals surface area contributed by atoms with Gasteiger partial charge in [-0.25, -0.2) is 0 Å². The second-order valence-electron chi connectivity index (χ2n) is 5.63. The molecule has 0 saturated carbocycles. The molecule has 0 amide bonds. The highest BCUT2D eigenvalue weighted by Crippen LogP contribution is 2.02. The van der Waals surface area contributed by atoms with Crippen LogP contribution in [0.4, 0.5) is 0 Å². The van der Waals surface area contributed by atoms with E-state index in [0.29, 0.717) is 12.9 Å². The van der Waals surface area contributed by atoms with Gasteiger partial charge in [0.1, 0.15) is 5.60 Å². The topological polar surface area (TPSA) is 75.6 Å². The van der Waals surface area contributed by atoms with Gasteiger partial charge in [0.2, 0.25) is 0 Å². The Labute approximate surface area is 123 Å². The van der Waals surface area contributed by atoms with Gasteiger partial charge in [0.25, 0.3) is 6.47 Å². The van der Waals surface area contributed by atoms with Crippen LogP contribution in [0.2, 0.25) is 0 Å². The number of rotatable bonds is 4. The zero-order valence-electron chi connectivity index (χ0n) is 13.4. The fourth-order valence-corrected chi connectivity index (χ4v) is 1.27. The lowest BCUT2D eigenvalue weighted by atomic mass is 10.2. The summed E-state index contributed by atoms with van der Waals surface area (Å²) in [7, 11) is 0. The molecule has 1 heterocycles. The van der Waals surface area contributed by atoms with Gasteiger partial charge in [-0.3, -0.25) is 9.59 Å². The Morgan fingerprint density at radius 2 is 1.80 bits per heavy atom. The van der Waals surface area contributed by atoms with E-state index in [1.165, 1.54) is 32.4 Å². The molecule has 1 fully saturated rings. The van der Waals surface area contributed by atoms with Crippen molar-refractivity contribution in [2.75, 3.05) is 13.1 Å². The first-order chi connectivity index (χ1) is 9.33. The first-order valence-electron chi connectivity index (χ1n) is 7.37. The highest BCUT2D eigenvalue weighted by molar-refractivity contribution is 5.66. The molecule has 0 aromatic rings. The van der Waals surface area contributed by atoms with Gasteiger partial charge in [0, 0.05) is 6.42 Å². The van der Waals surface area contributed by atoms with Gasteiger partial charge in [-0.15, -0.1) is 0 Å². The Morgan fingerprint density at radius 1 is 1.25 bits per heavy atom. The molecule has 0 aromatic heterocycles. The first kappa shape index (κ1) is 21.2. The third kappa shape index (κ3) is 25.7. The summed E-state index contributed by atoms with van der Waals surface area (Å²) < 4.78 is 4.55. The van der Waals surface area contributed by atoms with Crippen LogP contribution in [-0.4, -0.2) is 36.2 Å². The molecule has 0 bridgehead atoms. The molecule has 20 heavy (non-hydrogen) atoms. The van der Waals surface area contributed by atoms with Crippen molar-refractivity contribution in [2.24, 2.45) is 0 Å². The largest absolute Gasteiger partial charge is 0.481 e. The molecule has 5 nitrogen and oxygen atoms in total. The molecule has 2 N–H and O–H groups in total. The van der Waals surface area contributed by atoms with Gasteiger partial charge in [-0.1, -0.05) is 19.8 Å². The van der Waals surface area contributed by atoms with Gasteiger partial charge >= 0.3 is 5.97 Å². The normalized spacial score (nSPS) is 14.0. The Balaban J connectivity index is 0. The Hall–Kier alpha value is -1.10. The van der Waals surface area contributed by atoms with E-state index in [4.69, 9.17) is 5.11 Å². The van der Waals surface area contributed by atoms with Crippen molar-refractivity contribution in [1.29, 1.82) is 0 Å². The highest BCUT2D eigenvalue weighted by Gasteiger charge is 2.07. The minimum atomic E-state index is -0.693. The van der Waals surface area contributed by atoms with Crippen LogP contribution in [0.15, 0.2) is 0 Å². The Morgan fingerprint density at radius 3 is 1.90 bits per heavy atom. The van der Waals surface area contributed by atoms with Crippen LogP contribution >= 0.6 is 0 Å². The summed E-state index contributed by atoms with van der Waals surface area (Å²) >= 11 is 0. The SMILES string of the molecule is C1CCNCC1.CC(C)(C)OC=O.CCCCC(=O)O. The molecule has 0 spiro atoms. The Bertz CT molecular complexity index is 221. The summed E-state index contributed by atoms with van der Waals surface area (Å²) in [5.41, 5.74) is -0.318. The molecule has 1 rings (SSSR count). The van der Waals surface area contributed by atoms with Crippen molar-refractivity contribution >= 4 is 12.4 Å². The standard InChI is InChI=1S/C5H11N.2C5H10O2/c1-2-4-6-5-3-1;1-5(2,3)7-4-6;1-2-3-4-5(6)7/h6H,1-5H2;4H,1-3H3;2-4H2,1H3,(H,6,7). The number of carboxylic acids is 1. The second-order valence-corrected chi connectivity index (χ2v) is 5.63. The number of unbranched alkanes of at least 4 members (excludes halogenated alkanes) is 1. The molecule has 1 saturated heterocycles. The summed E-state index contributed by atoms with van der Waals surface area (Å²) in [5.74, 6) is -0.693. The minimum absolute atomic E-state index is 0.316. The van der Waals surface area contributed by atoms with Crippen molar-refractivity contribution in [3.63, 3.8) is 0 Å². The minimum Gasteiger partial charge on any atom is -0.481 e. The molecule has 1 aliphatic rings. The van der Waals surface area contributed by atoms with Crippen LogP contribution in [0, 0.1) is 0 Å². The molecule has 0 atom stereocenters. The fraction of sp³-hybridized carbons (Fsp3) is 0.867. The zero-order chi connectivity index (χ0) is 15.9. The molecule has 0 radical (unpaired) electrons. The number of hydrogen-bond donors (Lipinski definition) is 2. The lowest BCUT2D eigenvalue weighted by molar-refractivity contribution is -0.139. The predicted molar refractivity (Wildman–Crippen MR) is 80.8 cm³/mol. The van der Waals surface area contributed by atoms with E-state index in [0.717, 1.165) is 12.8 Å². The van der Waals surface area contributed by atoms with E-state index in [1.54, 1.807) is 0 Å². The maximum atomic E-state index is 9.76. The van der Waals surface area contributed by atoms with Crippen LogP contribution in [0.25, 0.3) is 0 Å². The van der Waals surface area contributed by atoms with Gasteiger partial charge in [-0.2, -0.15) is 0 Å². The maximum Gasteiger partial charge on any atom is 0.303 e. The number of hydrogen-bond acceptors (Lipinski definition) is 4. The van der Waals surface area contributed by atoms with Crippen molar-refractivity contribution in [3.8, 4) is 0 Å². The van der Waals surface area contributed by atoms with E-state index in [1.807, 2.05) is 27.7 Å². The van der Waals surface area contributed by atoms with Crippen molar-refractivity contribution in [2.45, 2.75) is 71.8 Å². The number of ether oxygens (including phenoxy) is 1. The molecule has 0 aliphatic carbocycles. The first-order valence-corrected chi connectivity index (χ1v) is 7.37. The molecule has 0 unspecified atom stereocenters. The number of carbonyl (C=O) groups excluding carboxylic acids is 1. The van der Waals surface area contributed by atoms with E-state index >= 15 is 0 Å². The third-order valence-electron chi connectivity index (χ3n) is 2.35. The molecule has 5 heteroatoms. The number of carboxylic acid groups (broad SMARTS) is 1. The molecule has 1 aliphatic heterocycles. The van der Waals surface area contributed by atoms with Gasteiger partial charge < -0.3 is 15.2 Å². The summed E-state index contributed by atoms with van der Waals surface area (Å²) in [6.07, 6.45) is 6.30. The summed E-state index contributed by atoms with van der Waals surface area (Å²) in [6.45, 7) is 10.4. The highest BCUT2D eigenvalue weighted by atomic mass is 16.5. The van der Waals surface area contributed by atoms with Crippen LogP contribution in [0.5, 0.6) is 0 Å². The molecule has 0 aromatic carbocycles. The number of nitrogens with one attached hydrogen (secondary N) is 1. The lowest BCUT2D eigenvalue weighted by Gasteiger charge is -2.14. The summed E-state index contributed by atoms with van der Waals surface area (Å²) in [5, 5.41) is 11.3. The third-order valence-corrected chi connectivity index (χ3v) is 2.35. The number of carbonyl (C=O) groups is 2.